The lowest BCUT2D eigenvalue weighted by Gasteiger charge is -2.15. The number of hydrogen-bond acceptors (Lipinski definition) is 6. The second-order valence-electron chi connectivity index (χ2n) is 9.69. The van der Waals surface area contributed by atoms with Gasteiger partial charge in [-0.1, -0.05) is 54.1 Å². The van der Waals surface area contributed by atoms with Crippen molar-refractivity contribution in [2.24, 2.45) is 0 Å². The molecule has 0 aliphatic rings. The van der Waals surface area contributed by atoms with Crippen LogP contribution in [-0.4, -0.2) is 40.1 Å². The van der Waals surface area contributed by atoms with E-state index in [4.69, 9.17) is 9.47 Å². The van der Waals surface area contributed by atoms with Crippen LogP contribution >= 0.6 is 0 Å². The summed E-state index contributed by atoms with van der Waals surface area (Å²) in [5, 5.41) is 2.89. The topological polar surface area (TPSA) is 94.6 Å². The fourth-order valence-corrected chi connectivity index (χ4v) is 6.20. The summed E-state index contributed by atoms with van der Waals surface area (Å²) in [5.41, 5.74) is 5.95. The third-order valence-corrected chi connectivity index (χ3v) is 8.36. The zero-order chi connectivity index (χ0) is 28.7. The molecule has 0 fully saturated rings. The third kappa shape index (κ3) is 6.87. The van der Waals surface area contributed by atoms with Gasteiger partial charge in [-0.2, -0.15) is 0 Å². The van der Waals surface area contributed by atoms with Gasteiger partial charge in [0.15, 0.2) is 9.84 Å². The van der Waals surface area contributed by atoms with Gasteiger partial charge in [0.1, 0.15) is 16.2 Å². The van der Waals surface area contributed by atoms with E-state index >= 15 is 0 Å². The number of hydrogen-bond donors (Lipinski definition) is 1. The van der Waals surface area contributed by atoms with Crippen molar-refractivity contribution in [3.8, 4) is 22.8 Å². The molecule has 1 amide bonds. The van der Waals surface area contributed by atoms with Crippen molar-refractivity contribution in [1.82, 2.24) is 10.3 Å². The number of nitrogens with zero attached hydrogens (tertiary/aromatic N) is 1. The minimum Gasteiger partial charge on any atom is -0.495 e. The Labute approximate surface area is 236 Å². The molecule has 8 heteroatoms. The van der Waals surface area contributed by atoms with Crippen molar-refractivity contribution >= 4 is 15.7 Å². The molecule has 0 spiro atoms. The summed E-state index contributed by atoms with van der Waals surface area (Å²) in [7, 11) is -0.737. The number of ether oxygens (including phenoxy) is 2. The van der Waals surface area contributed by atoms with Gasteiger partial charge in [0.05, 0.1) is 20.0 Å². The first-order valence-electron chi connectivity index (χ1n) is 13.1. The van der Waals surface area contributed by atoms with Gasteiger partial charge in [-0.25, -0.2) is 13.4 Å². The molecule has 4 aromatic rings. The molecule has 40 heavy (non-hydrogen) atoms. The third-order valence-electron chi connectivity index (χ3n) is 6.66. The van der Waals surface area contributed by atoms with Crippen molar-refractivity contribution in [1.29, 1.82) is 0 Å². The van der Waals surface area contributed by atoms with Crippen LogP contribution < -0.4 is 14.8 Å². The van der Waals surface area contributed by atoms with Crippen molar-refractivity contribution in [2.75, 3.05) is 20.8 Å². The molecule has 0 aliphatic carbocycles. The Morgan fingerprint density at radius 3 is 2.42 bits per heavy atom. The van der Waals surface area contributed by atoms with Gasteiger partial charge in [-0.05, 0) is 78.8 Å². The molecule has 0 bridgehead atoms. The second kappa shape index (κ2) is 12.8. The number of nitrogens with one attached hydrogen (secondary N) is 1. The average Bonchev–Trinajstić information content (AvgIpc) is 2.94. The Balaban J connectivity index is 1.46. The highest BCUT2D eigenvalue weighted by atomic mass is 32.2. The van der Waals surface area contributed by atoms with E-state index in [1.807, 2.05) is 62.4 Å². The molecule has 1 aromatic heterocycles. The molecule has 0 aliphatic heterocycles. The van der Waals surface area contributed by atoms with E-state index in [1.54, 1.807) is 30.5 Å². The van der Waals surface area contributed by atoms with Gasteiger partial charge in [0, 0.05) is 12.7 Å². The molecule has 0 radical (unpaired) electrons. The zero-order valence-corrected chi connectivity index (χ0v) is 24.0. The highest BCUT2D eigenvalue weighted by molar-refractivity contribution is 7.90. The van der Waals surface area contributed by atoms with E-state index in [9.17, 15) is 13.2 Å². The van der Waals surface area contributed by atoms with Crippen LogP contribution in [0.15, 0.2) is 83.9 Å². The lowest BCUT2D eigenvalue weighted by atomic mass is 9.99. The fourth-order valence-electron chi connectivity index (χ4n) is 4.68. The van der Waals surface area contributed by atoms with Gasteiger partial charge in [-0.3, -0.25) is 4.79 Å². The molecule has 3 aromatic carbocycles. The van der Waals surface area contributed by atoms with Crippen molar-refractivity contribution in [3.05, 3.63) is 107 Å². The van der Waals surface area contributed by atoms with Gasteiger partial charge in [-0.15, -0.1) is 0 Å². The normalized spacial score (nSPS) is 11.2. The van der Waals surface area contributed by atoms with Crippen molar-refractivity contribution < 1.29 is 22.7 Å². The fraction of sp³-hybridized carbons (Fsp3) is 0.250. The standard InChI is InChI=1S/C32H34N2O5S/c1-22-9-5-13-26(17-22)28-20-30(29(38-3)18-23(28)2)40(36,37)21-25-11-6-10-24(19-25)12-7-15-33-31(35)27-14-8-16-34-32(27)39-4/h5-6,8-11,13-14,16-20H,7,12,15,21H2,1-4H3,(H,33,35). The maximum Gasteiger partial charge on any atom is 0.256 e. The van der Waals surface area contributed by atoms with Crippen LogP contribution in [0.25, 0.3) is 11.1 Å². The summed E-state index contributed by atoms with van der Waals surface area (Å²) in [5.74, 6) is 0.225. The maximum absolute atomic E-state index is 13.6. The number of aromatic nitrogens is 1. The summed E-state index contributed by atoms with van der Waals surface area (Å²) in [6.07, 6.45) is 2.95. The Bertz CT molecular complexity index is 1620. The zero-order valence-electron chi connectivity index (χ0n) is 23.2. The number of aryl methyl sites for hydroxylation is 3. The van der Waals surface area contributed by atoms with E-state index in [0.717, 1.165) is 27.8 Å². The SMILES string of the molecule is COc1cc(C)c(-c2cccc(C)c2)cc1S(=O)(=O)Cc1cccc(CCCNC(=O)c2cccnc2OC)c1. The second-order valence-corrected chi connectivity index (χ2v) is 11.6. The maximum atomic E-state index is 13.6. The van der Waals surface area contributed by atoms with Crippen LogP contribution in [0.3, 0.4) is 0 Å². The van der Waals surface area contributed by atoms with E-state index < -0.39 is 9.84 Å². The number of carbonyl (C=O) groups is 1. The molecule has 7 nitrogen and oxygen atoms in total. The first-order chi connectivity index (χ1) is 19.2. The number of rotatable bonds is 11. The predicted octanol–water partition coefficient (Wildman–Crippen LogP) is 5.72. The first-order valence-corrected chi connectivity index (χ1v) is 14.7. The minimum atomic E-state index is -3.70. The van der Waals surface area contributed by atoms with Crippen LogP contribution in [0.5, 0.6) is 11.6 Å². The summed E-state index contributed by atoms with van der Waals surface area (Å²) in [4.78, 5) is 16.7. The van der Waals surface area contributed by atoms with Crippen LogP contribution in [0, 0.1) is 13.8 Å². The minimum absolute atomic E-state index is 0.148. The Kier molecular flexibility index (Phi) is 9.22. The quantitative estimate of drug-likeness (QED) is 0.237. The van der Waals surface area contributed by atoms with Crippen molar-refractivity contribution in [2.45, 2.75) is 37.3 Å². The summed E-state index contributed by atoms with van der Waals surface area (Å²) >= 11 is 0. The van der Waals surface area contributed by atoms with Gasteiger partial charge in [0.25, 0.3) is 5.91 Å². The van der Waals surface area contributed by atoms with E-state index in [0.29, 0.717) is 36.3 Å². The smallest absolute Gasteiger partial charge is 0.256 e. The van der Waals surface area contributed by atoms with Crippen LogP contribution in [0.4, 0.5) is 0 Å². The summed E-state index contributed by atoms with van der Waals surface area (Å²) < 4.78 is 37.9. The molecule has 4 rings (SSSR count). The molecular formula is C32H34N2O5S. The number of methoxy groups -OCH3 is 2. The molecular weight excluding hydrogens is 524 g/mol. The van der Waals surface area contributed by atoms with Gasteiger partial charge in [0.2, 0.25) is 5.88 Å². The Morgan fingerprint density at radius 2 is 1.68 bits per heavy atom. The summed E-state index contributed by atoms with van der Waals surface area (Å²) in [6.45, 7) is 4.43. The molecule has 0 saturated heterocycles. The Morgan fingerprint density at radius 1 is 0.900 bits per heavy atom. The largest absolute Gasteiger partial charge is 0.495 e. The van der Waals surface area contributed by atoms with E-state index in [1.165, 1.54) is 14.2 Å². The molecule has 0 unspecified atom stereocenters. The molecule has 0 saturated carbocycles. The summed E-state index contributed by atoms with van der Waals surface area (Å²) in [6, 6.07) is 22.4. The lowest BCUT2D eigenvalue weighted by Crippen LogP contribution is -2.25. The molecule has 0 atom stereocenters. The number of amides is 1. The number of pyridine rings is 1. The average molecular weight is 559 g/mol. The predicted molar refractivity (Wildman–Crippen MR) is 157 cm³/mol. The van der Waals surface area contributed by atoms with Gasteiger partial charge >= 0.3 is 0 Å². The monoisotopic (exact) mass is 558 g/mol. The number of benzene rings is 3. The van der Waals surface area contributed by atoms with Crippen LogP contribution in [0.2, 0.25) is 0 Å². The first kappa shape index (κ1) is 28.8. The lowest BCUT2D eigenvalue weighted by molar-refractivity contribution is 0.0949. The Hall–Kier alpha value is -4.17. The highest BCUT2D eigenvalue weighted by Gasteiger charge is 2.23. The number of carbonyl (C=O) groups excluding carboxylic acids is 1. The molecule has 1 heterocycles. The van der Waals surface area contributed by atoms with Crippen LogP contribution in [0.1, 0.15) is 39.0 Å². The van der Waals surface area contributed by atoms with Crippen molar-refractivity contribution in [3.63, 3.8) is 0 Å². The van der Waals surface area contributed by atoms with E-state index in [-0.39, 0.29) is 22.4 Å². The highest BCUT2D eigenvalue weighted by Crippen LogP contribution is 2.35. The van der Waals surface area contributed by atoms with Gasteiger partial charge < -0.3 is 14.8 Å². The molecule has 208 valence electrons. The van der Waals surface area contributed by atoms with E-state index in [2.05, 4.69) is 10.3 Å². The number of sulfone groups is 1. The molecule has 1 N–H and O–H groups in total. The van der Waals surface area contributed by atoms with Crippen LogP contribution in [-0.2, 0) is 22.0 Å².